The van der Waals surface area contributed by atoms with E-state index >= 15 is 0 Å². The van der Waals surface area contributed by atoms with Gasteiger partial charge in [0.05, 0.1) is 11.2 Å². The Balaban J connectivity index is 1.76. The third kappa shape index (κ3) is 2.86. The van der Waals surface area contributed by atoms with Crippen LogP contribution in [0.4, 0.5) is 0 Å². The van der Waals surface area contributed by atoms with E-state index in [1.54, 1.807) is 6.20 Å². The Hall–Kier alpha value is -1.39. The van der Waals surface area contributed by atoms with Crippen molar-refractivity contribution in [3.8, 4) is 0 Å². The largest absolute Gasteiger partial charge is 0.357 e. The first-order valence-corrected chi connectivity index (χ1v) is 7.39. The Labute approximate surface area is 123 Å². The van der Waals surface area contributed by atoms with Crippen molar-refractivity contribution in [1.29, 1.82) is 0 Å². The van der Waals surface area contributed by atoms with Crippen LogP contribution in [0.1, 0.15) is 49.6 Å². The molecule has 4 nitrogen and oxygen atoms in total. The molecular formula is C15H18ClN3O. The molecule has 0 aliphatic carbocycles. The lowest BCUT2D eigenvalue weighted by molar-refractivity contribution is -0.0395. The van der Waals surface area contributed by atoms with E-state index in [-0.39, 0.29) is 12.1 Å². The molecule has 0 spiro atoms. The van der Waals surface area contributed by atoms with Gasteiger partial charge in [0.15, 0.2) is 0 Å². The van der Waals surface area contributed by atoms with Crippen molar-refractivity contribution < 1.29 is 4.74 Å². The van der Waals surface area contributed by atoms with Crippen LogP contribution in [0, 0.1) is 0 Å². The maximum Gasteiger partial charge on any atom is 0.150 e. The highest BCUT2D eigenvalue weighted by molar-refractivity contribution is 6.30. The van der Waals surface area contributed by atoms with Crippen molar-refractivity contribution in [2.75, 3.05) is 6.61 Å². The average Bonchev–Trinajstić information content (AvgIpc) is 2.98. The van der Waals surface area contributed by atoms with Crippen molar-refractivity contribution in [2.24, 2.45) is 0 Å². The highest BCUT2D eigenvalue weighted by Gasteiger charge is 2.18. The predicted octanol–water partition coefficient (Wildman–Crippen LogP) is 3.78. The van der Waals surface area contributed by atoms with Crippen LogP contribution in [0.15, 0.2) is 30.7 Å². The number of halogens is 1. The SMILES string of the molecule is CC(c1cnn(C2CCCCO2)c1)c1ccc(Cl)cn1. The van der Waals surface area contributed by atoms with Crippen molar-refractivity contribution in [3.63, 3.8) is 0 Å². The van der Waals surface area contributed by atoms with Crippen LogP contribution in [-0.4, -0.2) is 21.4 Å². The summed E-state index contributed by atoms with van der Waals surface area (Å²) in [5.41, 5.74) is 2.15. The highest BCUT2D eigenvalue weighted by Crippen LogP contribution is 2.26. The Bertz CT molecular complexity index is 561. The van der Waals surface area contributed by atoms with Crippen LogP contribution in [0.25, 0.3) is 0 Å². The van der Waals surface area contributed by atoms with Crippen molar-refractivity contribution in [2.45, 2.75) is 38.3 Å². The molecule has 3 rings (SSSR count). The lowest BCUT2D eigenvalue weighted by Gasteiger charge is -2.22. The van der Waals surface area contributed by atoms with Crippen LogP contribution < -0.4 is 0 Å². The monoisotopic (exact) mass is 291 g/mol. The van der Waals surface area contributed by atoms with E-state index in [4.69, 9.17) is 16.3 Å². The van der Waals surface area contributed by atoms with Crippen molar-refractivity contribution >= 4 is 11.6 Å². The van der Waals surface area contributed by atoms with Crippen molar-refractivity contribution in [1.82, 2.24) is 14.8 Å². The Morgan fingerprint density at radius 1 is 1.35 bits per heavy atom. The number of pyridine rings is 1. The summed E-state index contributed by atoms with van der Waals surface area (Å²) in [5.74, 6) is 0.199. The molecule has 20 heavy (non-hydrogen) atoms. The second-order valence-electron chi connectivity index (χ2n) is 5.20. The molecule has 1 saturated heterocycles. The maximum atomic E-state index is 5.87. The topological polar surface area (TPSA) is 39.9 Å². The maximum absolute atomic E-state index is 5.87. The van der Waals surface area contributed by atoms with E-state index in [1.807, 2.05) is 23.0 Å². The van der Waals surface area contributed by atoms with E-state index in [9.17, 15) is 0 Å². The molecule has 0 aromatic carbocycles. The Kier molecular flexibility index (Phi) is 4.03. The third-order valence-corrected chi connectivity index (χ3v) is 3.99. The Morgan fingerprint density at radius 2 is 2.25 bits per heavy atom. The highest BCUT2D eigenvalue weighted by atomic mass is 35.5. The smallest absolute Gasteiger partial charge is 0.150 e. The molecule has 0 N–H and O–H groups in total. The molecule has 0 bridgehead atoms. The van der Waals surface area contributed by atoms with Gasteiger partial charge in [-0.3, -0.25) is 4.98 Å². The summed E-state index contributed by atoms with van der Waals surface area (Å²) in [6.45, 7) is 2.95. The van der Waals surface area contributed by atoms with E-state index in [2.05, 4.69) is 23.2 Å². The van der Waals surface area contributed by atoms with Gasteiger partial charge < -0.3 is 4.74 Å². The first-order valence-electron chi connectivity index (χ1n) is 7.01. The standard InChI is InChI=1S/C15H18ClN3O/c1-11(14-6-5-13(16)9-17-14)12-8-18-19(10-12)15-4-2-3-7-20-15/h5-6,8-11,15H,2-4,7H2,1H3. The normalized spacial score (nSPS) is 20.8. The molecule has 0 amide bonds. The second kappa shape index (κ2) is 5.94. The molecule has 3 heterocycles. The molecular weight excluding hydrogens is 274 g/mol. The van der Waals surface area contributed by atoms with Crippen LogP contribution >= 0.6 is 11.6 Å². The van der Waals surface area contributed by atoms with Gasteiger partial charge in [0.2, 0.25) is 0 Å². The predicted molar refractivity (Wildman–Crippen MR) is 77.8 cm³/mol. The Morgan fingerprint density at radius 3 is 2.95 bits per heavy atom. The fraction of sp³-hybridized carbons (Fsp3) is 0.467. The minimum Gasteiger partial charge on any atom is -0.357 e. The fourth-order valence-electron chi connectivity index (χ4n) is 2.48. The summed E-state index contributed by atoms with van der Waals surface area (Å²) in [5, 5.41) is 5.10. The van der Waals surface area contributed by atoms with E-state index in [0.29, 0.717) is 5.02 Å². The van der Waals surface area contributed by atoms with Gasteiger partial charge in [0, 0.05) is 30.6 Å². The minimum absolute atomic E-state index is 0.0860. The molecule has 0 saturated carbocycles. The molecule has 1 aliphatic heterocycles. The third-order valence-electron chi connectivity index (χ3n) is 3.77. The number of rotatable bonds is 3. The molecule has 1 aliphatic rings. The summed E-state index contributed by atoms with van der Waals surface area (Å²) < 4.78 is 7.68. The number of ether oxygens (including phenoxy) is 1. The van der Waals surface area contributed by atoms with Gasteiger partial charge in [0.25, 0.3) is 0 Å². The van der Waals surface area contributed by atoms with Gasteiger partial charge in [-0.05, 0) is 37.0 Å². The molecule has 2 aromatic rings. The van der Waals surface area contributed by atoms with Crippen molar-refractivity contribution in [3.05, 3.63) is 47.0 Å². The van der Waals surface area contributed by atoms with E-state index < -0.39 is 0 Å². The lowest BCUT2D eigenvalue weighted by Crippen LogP contribution is -2.18. The van der Waals surface area contributed by atoms with Gasteiger partial charge in [-0.2, -0.15) is 5.10 Å². The second-order valence-corrected chi connectivity index (χ2v) is 5.63. The van der Waals surface area contributed by atoms with Gasteiger partial charge in [-0.15, -0.1) is 0 Å². The zero-order valence-corrected chi connectivity index (χ0v) is 12.3. The number of nitrogens with zero attached hydrogens (tertiary/aromatic N) is 3. The molecule has 2 aromatic heterocycles. The summed E-state index contributed by atoms with van der Waals surface area (Å²) in [6, 6.07) is 3.83. The molecule has 0 radical (unpaired) electrons. The summed E-state index contributed by atoms with van der Waals surface area (Å²) >= 11 is 5.87. The van der Waals surface area contributed by atoms with E-state index in [1.165, 1.54) is 6.42 Å². The molecule has 2 atom stereocenters. The quantitative estimate of drug-likeness (QED) is 0.864. The summed E-state index contributed by atoms with van der Waals surface area (Å²) in [7, 11) is 0. The van der Waals surface area contributed by atoms with Gasteiger partial charge in [-0.25, -0.2) is 4.68 Å². The first-order chi connectivity index (χ1) is 9.74. The lowest BCUT2D eigenvalue weighted by atomic mass is 10.0. The zero-order chi connectivity index (χ0) is 13.9. The molecule has 1 fully saturated rings. The van der Waals surface area contributed by atoms with Crippen LogP contribution in [0.3, 0.4) is 0 Å². The van der Waals surface area contributed by atoms with Gasteiger partial charge in [0.1, 0.15) is 6.23 Å². The van der Waals surface area contributed by atoms with Gasteiger partial charge >= 0.3 is 0 Å². The number of hydrogen-bond donors (Lipinski definition) is 0. The zero-order valence-electron chi connectivity index (χ0n) is 11.5. The van der Waals surface area contributed by atoms with E-state index in [0.717, 1.165) is 30.7 Å². The van der Waals surface area contributed by atoms with Gasteiger partial charge in [-0.1, -0.05) is 18.5 Å². The number of hydrogen-bond acceptors (Lipinski definition) is 3. The van der Waals surface area contributed by atoms with Crippen LogP contribution in [0.5, 0.6) is 0 Å². The van der Waals surface area contributed by atoms with Crippen LogP contribution in [-0.2, 0) is 4.74 Å². The summed E-state index contributed by atoms with van der Waals surface area (Å²) in [4.78, 5) is 4.38. The van der Waals surface area contributed by atoms with Crippen LogP contribution in [0.2, 0.25) is 5.02 Å². The fourth-order valence-corrected chi connectivity index (χ4v) is 2.59. The molecule has 5 heteroatoms. The average molecular weight is 292 g/mol. The molecule has 106 valence electrons. The summed E-state index contributed by atoms with van der Waals surface area (Å²) in [6.07, 6.45) is 9.12. The number of aromatic nitrogens is 3. The molecule has 2 unspecified atom stereocenters. The minimum atomic E-state index is 0.0860. The first kappa shape index (κ1) is 13.6.